The molecule has 1 aromatic heterocycles. The Morgan fingerprint density at radius 1 is 1.08 bits per heavy atom. The number of hydrogen-bond donors (Lipinski definition) is 1. The average Bonchev–Trinajstić information content (AvgIpc) is 3.10. The van der Waals surface area contributed by atoms with E-state index in [4.69, 9.17) is 4.74 Å². The number of benzene rings is 2. The number of Topliss-reactive ketones (excluding diaryl/α,β-unsaturated/α-hetero) is 1. The van der Waals surface area contributed by atoms with Crippen molar-refractivity contribution in [2.45, 2.75) is 24.8 Å². The van der Waals surface area contributed by atoms with Crippen molar-refractivity contribution in [3.05, 3.63) is 65.9 Å². The molecule has 0 aliphatic rings. The van der Waals surface area contributed by atoms with Crippen LogP contribution in [-0.2, 0) is 15.5 Å². The van der Waals surface area contributed by atoms with Crippen LogP contribution in [0.2, 0.25) is 0 Å². The van der Waals surface area contributed by atoms with Crippen LogP contribution in [0.3, 0.4) is 0 Å². The van der Waals surface area contributed by atoms with Gasteiger partial charge in [0, 0.05) is 28.4 Å². The summed E-state index contributed by atoms with van der Waals surface area (Å²) in [6.07, 6.45) is 0.669. The minimum atomic E-state index is -1.29. The van der Waals surface area contributed by atoms with Crippen LogP contribution < -0.4 is 0 Å². The number of aromatic nitrogens is 1. The highest BCUT2D eigenvalue weighted by atomic mass is 32.2. The molecule has 0 fully saturated rings. The van der Waals surface area contributed by atoms with Crippen molar-refractivity contribution < 1.29 is 18.5 Å². The normalized spacial score (nSPS) is 13.3. The van der Waals surface area contributed by atoms with Crippen molar-refractivity contribution in [2.24, 2.45) is 0 Å². The number of rotatable bonds is 6. The van der Waals surface area contributed by atoms with E-state index >= 15 is 0 Å². The van der Waals surface area contributed by atoms with Crippen LogP contribution in [0.15, 0.2) is 59.6 Å². The Kier molecular flexibility index (Phi) is 5.32. The summed E-state index contributed by atoms with van der Waals surface area (Å²) in [6.45, 7) is 3.32. The van der Waals surface area contributed by atoms with Gasteiger partial charge in [-0.1, -0.05) is 37.3 Å². The maximum absolute atomic E-state index is 12.7. The molecular formula is C20H19NO4S. The van der Waals surface area contributed by atoms with Gasteiger partial charge in [-0.15, -0.1) is 0 Å². The predicted octanol–water partition coefficient (Wildman–Crippen LogP) is 3.72. The summed E-state index contributed by atoms with van der Waals surface area (Å²) < 4.78 is 17.5. The Balaban J connectivity index is 1.82. The first-order chi connectivity index (χ1) is 12.5. The first-order valence-corrected chi connectivity index (χ1v) is 9.63. The van der Waals surface area contributed by atoms with Crippen molar-refractivity contribution in [2.75, 3.05) is 5.75 Å². The fraction of sp³-hybridized carbons (Fsp3) is 0.200. The number of ether oxygens (including phenoxy) is 1. The number of aromatic amines is 1. The fourth-order valence-electron chi connectivity index (χ4n) is 2.76. The summed E-state index contributed by atoms with van der Waals surface area (Å²) in [6, 6.07) is 14.0. The molecule has 0 saturated heterocycles. The first-order valence-electron chi connectivity index (χ1n) is 8.31. The number of carbonyl (C=O) groups is 2. The maximum atomic E-state index is 12.7. The van der Waals surface area contributed by atoms with Gasteiger partial charge in [-0.25, -0.2) is 4.79 Å². The van der Waals surface area contributed by atoms with Crippen LogP contribution in [0, 0.1) is 0 Å². The average molecular weight is 369 g/mol. The molecule has 6 heteroatoms. The number of para-hydroxylation sites is 1. The predicted molar refractivity (Wildman–Crippen MR) is 101 cm³/mol. The molecule has 1 N–H and O–H groups in total. The van der Waals surface area contributed by atoms with Gasteiger partial charge in [0.1, 0.15) is 0 Å². The monoisotopic (exact) mass is 369 g/mol. The van der Waals surface area contributed by atoms with Crippen molar-refractivity contribution in [3.8, 4) is 0 Å². The Hall–Kier alpha value is -2.73. The molecule has 0 amide bonds. The van der Waals surface area contributed by atoms with E-state index in [1.54, 1.807) is 44.3 Å². The van der Waals surface area contributed by atoms with Gasteiger partial charge in [0.15, 0.2) is 6.10 Å². The highest BCUT2D eigenvalue weighted by Crippen LogP contribution is 2.21. The molecule has 0 aliphatic carbocycles. The lowest BCUT2D eigenvalue weighted by Crippen LogP contribution is -2.25. The summed E-state index contributed by atoms with van der Waals surface area (Å²) in [5, 5.41) is 0.785. The van der Waals surface area contributed by atoms with Crippen molar-refractivity contribution >= 4 is 33.5 Å². The SMILES string of the molecule is CC[S@](=O)c1ccccc1C(=O)O[C@@H](C)C(=O)c1c[nH]c2ccccc12. The summed E-state index contributed by atoms with van der Waals surface area (Å²) in [5.41, 5.74) is 1.55. The molecule has 0 unspecified atom stereocenters. The van der Waals surface area contributed by atoms with E-state index in [0.29, 0.717) is 16.2 Å². The lowest BCUT2D eigenvalue weighted by molar-refractivity contribution is 0.0316. The standard InChI is InChI=1S/C20H19NO4S/c1-3-26(24)18-11-7-5-9-15(18)20(23)25-13(2)19(22)16-12-21-17-10-6-4-8-14(16)17/h4-13,21H,3H2,1-2H3/t13-,26-/m0/s1. The molecule has 1 heterocycles. The van der Waals surface area contributed by atoms with Gasteiger partial charge in [-0.3, -0.25) is 9.00 Å². The Morgan fingerprint density at radius 2 is 1.77 bits per heavy atom. The maximum Gasteiger partial charge on any atom is 0.340 e. The Bertz CT molecular complexity index is 992. The Labute approximate surface area is 153 Å². The lowest BCUT2D eigenvalue weighted by atomic mass is 10.1. The second-order valence-electron chi connectivity index (χ2n) is 5.79. The molecule has 2 atom stereocenters. The molecule has 0 radical (unpaired) electrons. The third-order valence-corrected chi connectivity index (χ3v) is 5.49. The van der Waals surface area contributed by atoms with Gasteiger partial charge in [0.25, 0.3) is 0 Å². The van der Waals surface area contributed by atoms with E-state index in [1.807, 2.05) is 24.3 Å². The molecular weight excluding hydrogens is 350 g/mol. The molecule has 3 rings (SSSR count). The van der Waals surface area contributed by atoms with E-state index in [1.165, 1.54) is 0 Å². The quantitative estimate of drug-likeness (QED) is 0.531. The lowest BCUT2D eigenvalue weighted by Gasteiger charge is -2.13. The number of nitrogens with one attached hydrogen (secondary N) is 1. The van der Waals surface area contributed by atoms with Crippen LogP contribution in [0.5, 0.6) is 0 Å². The molecule has 3 aromatic rings. The van der Waals surface area contributed by atoms with Crippen molar-refractivity contribution in [1.29, 1.82) is 0 Å². The molecule has 0 spiro atoms. The molecule has 2 aromatic carbocycles. The summed E-state index contributed by atoms with van der Waals surface area (Å²) in [7, 11) is -1.29. The number of ketones is 1. The molecule has 26 heavy (non-hydrogen) atoms. The Morgan fingerprint density at radius 3 is 2.54 bits per heavy atom. The molecule has 5 nitrogen and oxygen atoms in total. The number of fused-ring (bicyclic) bond motifs is 1. The molecule has 0 saturated carbocycles. The minimum absolute atomic E-state index is 0.228. The third-order valence-electron chi connectivity index (χ3n) is 4.12. The van der Waals surface area contributed by atoms with E-state index < -0.39 is 22.9 Å². The number of carbonyl (C=O) groups excluding carboxylic acids is 2. The van der Waals surface area contributed by atoms with E-state index in [9.17, 15) is 13.8 Å². The summed E-state index contributed by atoms with van der Waals surface area (Å²) >= 11 is 0. The zero-order chi connectivity index (χ0) is 18.7. The first kappa shape index (κ1) is 18.1. The second-order valence-corrected chi connectivity index (χ2v) is 7.50. The van der Waals surface area contributed by atoms with Crippen LogP contribution in [-0.4, -0.2) is 32.8 Å². The largest absolute Gasteiger partial charge is 0.451 e. The fourth-order valence-corrected chi connectivity index (χ4v) is 3.70. The van der Waals surface area contributed by atoms with E-state index in [-0.39, 0.29) is 11.3 Å². The van der Waals surface area contributed by atoms with E-state index in [2.05, 4.69) is 4.98 Å². The smallest absolute Gasteiger partial charge is 0.340 e. The molecule has 0 aliphatic heterocycles. The number of esters is 1. The number of hydrogen-bond acceptors (Lipinski definition) is 4. The van der Waals surface area contributed by atoms with Crippen molar-refractivity contribution in [3.63, 3.8) is 0 Å². The summed E-state index contributed by atoms with van der Waals surface area (Å²) in [4.78, 5) is 28.7. The summed E-state index contributed by atoms with van der Waals surface area (Å²) in [5.74, 6) is -0.540. The van der Waals surface area contributed by atoms with E-state index in [0.717, 1.165) is 10.9 Å². The van der Waals surface area contributed by atoms with Gasteiger partial charge >= 0.3 is 5.97 Å². The van der Waals surface area contributed by atoms with Crippen LogP contribution in [0.25, 0.3) is 10.9 Å². The van der Waals surface area contributed by atoms with Gasteiger partial charge in [-0.2, -0.15) is 0 Å². The van der Waals surface area contributed by atoms with Gasteiger partial charge in [0.05, 0.1) is 21.3 Å². The van der Waals surface area contributed by atoms with Gasteiger partial charge in [0.2, 0.25) is 5.78 Å². The van der Waals surface area contributed by atoms with Crippen molar-refractivity contribution in [1.82, 2.24) is 4.98 Å². The minimum Gasteiger partial charge on any atom is -0.451 e. The second kappa shape index (κ2) is 7.66. The van der Waals surface area contributed by atoms with Gasteiger partial charge in [-0.05, 0) is 25.1 Å². The highest BCUT2D eigenvalue weighted by molar-refractivity contribution is 7.85. The molecule has 134 valence electrons. The molecule has 0 bridgehead atoms. The van der Waals surface area contributed by atoms with Crippen LogP contribution in [0.1, 0.15) is 34.6 Å². The third kappa shape index (κ3) is 3.46. The zero-order valence-corrected chi connectivity index (χ0v) is 15.3. The number of H-pyrrole nitrogens is 1. The van der Waals surface area contributed by atoms with Gasteiger partial charge < -0.3 is 9.72 Å². The topological polar surface area (TPSA) is 76.2 Å². The zero-order valence-electron chi connectivity index (χ0n) is 14.5. The highest BCUT2D eigenvalue weighted by Gasteiger charge is 2.24. The van der Waals surface area contributed by atoms with Crippen LogP contribution in [0.4, 0.5) is 0 Å². The van der Waals surface area contributed by atoms with Crippen LogP contribution >= 0.6 is 0 Å².